The third kappa shape index (κ3) is 4.81. The predicted molar refractivity (Wildman–Crippen MR) is 68.8 cm³/mol. The number of methoxy groups -OCH3 is 1. The van der Waals surface area contributed by atoms with E-state index in [0.717, 1.165) is 19.5 Å². The summed E-state index contributed by atoms with van der Waals surface area (Å²) in [7, 11) is 1.81. The first-order chi connectivity index (χ1) is 7.35. The van der Waals surface area contributed by atoms with Crippen molar-refractivity contribution < 1.29 is 4.74 Å². The molecule has 3 nitrogen and oxygen atoms in total. The second-order valence-corrected chi connectivity index (χ2v) is 6.33. The fourth-order valence-electron chi connectivity index (χ4n) is 2.76. The molecule has 16 heavy (non-hydrogen) atoms. The van der Waals surface area contributed by atoms with Crippen molar-refractivity contribution in [1.82, 2.24) is 10.2 Å². The quantitative estimate of drug-likeness (QED) is 0.775. The molecular weight excluding hydrogens is 200 g/mol. The lowest BCUT2D eigenvalue weighted by atomic mass is 9.81. The standard InChI is InChI=1S/C13H28N2O/c1-12(2,10-13(3,4)16-5)11-15-8-6-14-7-9-15/h14H,6-11H2,1-5H3. The molecule has 1 aliphatic heterocycles. The fourth-order valence-corrected chi connectivity index (χ4v) is 2.76. The van der Waals surface area contributed by atoms with Crippen LogP contribution in [0, 0.1) is 5.41 Å². The molecule has 0 spiro atoms. The van der Waals surface area contributed by atoms with E-state index in [9.17, 15) is 0 Å². The lowest BCUT2D eigenvalue weighted by molar-refractivity contribution is -0.0208. The van der Waals surface area contributed by atoms with E-state index in [1.165, 1.54) is 19.6 Å². The summed E-state index contributed by atoms with van der Waals surface area (Å²) in [6.45, 7) is 14.8. The van der Waals surface area contributed by atoms with Crippen LogP contribution >= 0.6 is 0 Å². The van der Waals surface area contributed by atoms with Crippen LogP contribution in [0.15, 0.2) is 0 Å². The minimum atomic E-state index is -0.0163. The monoisotopic (exact) mass is 228 g/mol. The predicted octanol–water partition coefficient (Wildman–Crippen LogP) is 1.73. The largest absolute Gasteiger partial charge is 0.379 e. The Balaban J connectivity index is 2.43. The molecule has 0 aromatic carbocycles. The van der Waals surface area contributed by atoms with Gasteiger partial charge in [0.2, 0.25) is 0 Å². The van der Waals surface area contributed by atoms with Crippen LogP contribution in [0.2, 0.25) is 0 Å². The van der Waals surface area contributed by atoms with Crippen molar-refractivity contribution in [3.05, 3.63) is 0 Å². The van der Waals surface area contributed by atoms with E-state index >= 15 is 0 Å². The molecule has 1 saturated heterocycles. The number of piperazine rings is 1. The summed E-state index contributed by atoms with van der Waals surface area (Å²) in [5.41, 5.74) is 0.300. The van der Waals surface area contributed by atoms with Gasteiger partial charge in [-0.2, -0.15) is 0 Å². The smallest absolute Gasteiger partial charge is 0.0628 e. The van der Waals surface area contributed by atoms with Crippen molar-refractivity contribution >= 4 is 0 Å². The lowest BCUT2D eigenvalue weighted by Gasteiger charge is -2.39. The molecule has 0 aromatic rings. The maximum atomic E-state index is 5.53. The highest BCUT2D eigenvalue weighted by Crippen LogP contribution is 2.30. The van der Waals surface area contributed by atoms with Crippen LogP contribution in [-0.4, -0.2) is 50.3 Å². The van der Waals surface area contributed by atoms with Gasteiger partial charge >= 0.3 is 0 Å². The highest BCUT2D eigenvalue weighted by molar-refractivity contribution is 4.83. The number of ether oxygens (including phenoxy) is 1. The zero-order valence-corrected chi connectivity index (χ0v) is 11.6. The molecule has 96 valence electrons. The van der Waals surface area contributed by atoms with Crippen LogP contribution in [-0.2, 0) is 4.74 Å². The fraction of sp³-hybridized carbons (Fsp3) is 1.00. The van der Waals surface area contributed by atoms with Gasteiger partial charge in [-0.3, -0.25) is 0 Å². The number of rotatable bonds is 5. The highest BCUT2D eigenvalue weighted by atomic mass is 16.5. The third-order valence-corrected chi connectivity index (χ3v) is 3.32. The zero-order valence-electron chi connectivity index (χ0n) is 11.6. The van der Waals surface area contributed by atoms with Gasteiger partial charge < -0.3 is 15.0 Å². The lowest BCUT2D eigenvalue weighted by Crippen LogP contribution is -2.48. The number of hydrogen-bond donors (Lipinski definition) is 1. The summed E-state index contributed by atoms with van der Waals surface area (Å²) >= 11 is 0. The molecule has 1 aliphatic rings. The van der Waals surface area contributed by atoms with Crippen LogP contribution < -0.4 is 5.32 Å². The molecule has 0 bridgehead atoms. The summed E-state index contributed by atoms with van der Waals surface area (Å²) < 4.78 is 5.53. The van der Waals surface area contributed by atoms with E-state index in [2.05, 4.69) is 37.9 Å². The van der Waals surface area contributed by atoms with Gasteiger partial charge in [0.1, 0.15) is 0 Å². The molecule has 0 radical (unpaired) electrons. The molecular formula is C13H28N2O. The number of nitrogens with one attached hydrogen (secondary N) is 1. The Labute approximate surface area is 101 Å². The molecule has 0 atom stereocenters. The van der Waals surface area contributed by atoms with E-state index in [4.69, 9.17) is 4.74 Å². The Kier molecular flexibility index (Phi) is 4.77. The molecule has 1 heterocycles. The maximum Gasteiger partial charge on any atom is 0.0628 e. The molecule has 1 rings (SSSR count). The molecule has 0 saturated carbocycles. The van der Waals surface area contributed by atoms with Gasteiger partial charge in [-0.15, -0.1) is 0 Å². The van der Waals surface area contributed by atoms with Crippen molar-refractivity contribution in [3.63, 3.8) is 0 Å². The summed E-state index contributed by atoms with van der Waals surface area (Å²) in [6, 6.07) is 0. The minimum absolute atomic E-state index is 0.0163. The summed E-state index contributed by atoms with van der Waals surface area (Å²) in [5.74, 6) is 0. The van der Waals surface area contributed by atoms with E-state index in [1.807, 2.05) is 0 Å². The van der Waals surface area contributed by atoms with Crippen LogP contribution in [0.5, 0.6) is 0 Å². The minimum Gasteiger partial charge on any atom is -0.379 e. The first kappa shape index (κ1) is 13.9. The Hall–Kier alpha value is -0.120. The van der Waals surface area contributed by atoms with Gasteiger partial charge in [-0.1, -0.05) is 13.8 Å². The zero-order chi connectivity index (χ0) is 12.2. The average molecular weight is 228 g/mol. The second kappa shape index (κ2) is 5.48. The first-order valence-corrected chi connectivity index (χ1v) is 6.33. The molecule has 1 N–H and O–H groups in total. The Morgan fingerprint density at radius 3 is 2.19 bits per heavy atom. The van der Waals surface area contributed by atoms with Crippen LogP contribution in [0.1, 0.15) is 34.1 Å². The third-order valence-electron chi connectivity index (χ3n) is 3.32. The summed E-state index contributed by atoms with van der Waals surface area (Å²) in [5, 5.41) is 3.39. The molecule has 3 heteroatoms. The van der Waals surface area contributed by atoms with Gasteiger partial charge in [-0.25, -0.2) is 0 Å². The number of hydrogen-bond acceptors (Lipinski definition) is 3. The van der Waals surface area contributed by atoms with Gasteiger partial charge in [0, 0.05) is 39.8 Å². The first-order valence-electron chi connectivity index (χ1n) is 6.33. The van der Waals surface area contributed by atoms with Crippen molar-refractivity contribution in [2.24, 2.45) is 5.41 Å². The molecule has 0 aromatic heterocycles. The van der Waals surface area contributed by atoms with Gasteiger partial charge in [0.15, 0.2) is 0 Å². The van der Waals surface area contributed by atoms with Crippen LogP contribution in [0.4, 0.5) is 0 Å². The highest BCUT2D eigenvalue weighted by Gasteiger charge is 2.30. The van der Waals surface area contributed by atoms with E-state index < -0.39 is 0 Å². The van der Waals surface area contributed by atoms with Crippen molar-refractivity contribution in [2.45, 2.75) is 39.7 Å². The topological polar surface area (TPSA) is 24.5 Å². The number of nitrogens with zero attached hydrogens (tertiary/aromatic N) is 1. The van der Waals surface area contributed by atoms with Crippen molar-refractivity contribution in [2.75, 3.05) is 39.8 Å². The molecule has 0 unspecified atom stereocenters. The van der Waals surface area contributed by atoms with Crippen LogP contribution in [0.25, 0.3) is 0 Å². The van der Waals surface area contributed by atoms with Crippen molar-refractivity contribution in [1.29, 1.82) is 0 Å². The van der Waals surface area contributed by atoms with Crippen LogP contribution in [0.3, 0.4) is 0 Å². The Bertz CT molecular complexity index is 208. The maximum absolute atomic E-state index is 5.53. The summed E-state index contributed by atoms with van der Waals surface area (Å²) in [6.07, 6.45) is 1.10. The van der Waals surface area contributed by atoms with E-state index in [0.29, 0.717) is 5.41 Å². The van der Waals surface area contributed by atoms with Gasteiger partial charge in [-0.05, 0) is 25.7 Å². The molecule has 0 amide bonds. The second-order valence-electron chi connectivity index (χ2n) is 6.33. The average Bonchev–Trinajstić information content (AvgIpc) is 2.17. The van der Waals surface area contributed by atoms with E-state index in [1.54, 1.807) is 7.11 Å². The SMILES string of the molecule is COC(C)(C)CC(C)(C)CN1CCNCC1. The summed E-state index contributed by atoms with van der Waals surface area (Å²) in [4.78, 5) is 2.56. The van der Waals surface area contributed by atoms with Crippen molar-refractivity contribution in [3.8, 4) is 0 Å². The molecule has 1 fully saturated rings. The Morgan fingerprint density at radius 1 is 1.12 bits per heavy atom. The molecule has 0 aliphatic carbocycles. The van der Waals surface area contributed by atoms with Gasteiger partial charge in [0.25, 0.3) is 0 Å². The Morgan fingerprint density at radius 2 is 1.69 bits per heavy atom. The van der Waals surface area contributed by atoms with Gasteiger partial charge in [0.05, 0.1) is 5.60 Å². The van der Waals surface area contributed by atoms with E-state index in [-0.39, 0.29) is 5.60 Å². The normalized spacial score (nSPS) is 20.1.